The van der Waals surface area contributed by atoms with Crippen molar-refractivity contribution in [3.05, 3.63) is 71.8 Å². The van der Waals surface area contributed by atoms with E-state index >= 15 is 0 Å². The van der Waals surface area contributed by atoms with Crippen LogP contribution in [0, 0.1) is 10.8 Å². The van der Waals surface area contributed by atoms with Gasteiger partial charge in [0.1, 0.15) is 23.4 Å². The SMILES string of the molecule is CC(=N)N1CCC(Oc2ccc(OC(=O)CCc3ccc4ccc(C(=N)N)cc4c3)cc2)CC1. The number of nitrogens with one attached hydrogen (secondary N) is 2. The van der Waals surface area contributed by atoms with Crippen LogP contribution in [0.1, 0.15) is 37.3 Å². The van der Waals surface area contributed by atoms with Crippen LogP contribution in [0.5, 0.6) is 11.5 Å². The smallest absolute Gasteiger partial charge is 0.311 e. The van der Waals surface area contributed by atoms with Gasteiger partial charge in [-0.1, -0.05) is 30.3 Å². The van der Waals surface area contributed by atoms with Gasteiger partial charge in [-0.25, -0.2) is 0 Å². The molecule has 0 amide bonds. The largest absolute Gasteiger partial charge is 0.490 e. The molecule has 0 bridgehead atoms. The zero-order valence-electron chi connectivity index (χ0n) is 19.3. The van der Waals surface area contributed by atoms with E-state index in [1.165, 1.54) is 0 Å². The van der Waals surface area contributed by atoms with Gasteiger partial charge < -0.3 is 20.1 Å². The molecule has 1 saturated heterocycles. The van der Waals surface area contributed by atoms with Gasteiger partial charge in [0, 0.05) is 37.9 Å². The van der Waals surface area contributed by atoms with Crippen molar-refractivity contribution in [1.29, 1.82) is 10.8 Å². The molecule has 0 saturated carbocycles. The van der Waals surface area contributed by atoms with Gasteiger partial charge in [0.2, 0.25) is 0 Å². The van der Waals surface area contributed by atoms with E-state index in [0.717, 1.165) is 48.0 Å². The number of piperidine rings is 1. The quantitative estimate of drug-likeness (QED) is 0.209. The summed E-state index contributed by atoms with van der Waals surface area (Å²) in [5.41, 5.74) is 7.30. The fourth-order valence-corrected chi connectivity index (χ4v) is 4.14. The van der Waals surface area contributed by atoms with Crippen molar-refractivity contribution in [3.8, 4) is 11.5 Å². The highest BCUT2D eigenvalue weighted by Gasteiger charge is 2.20. The molecule has 1 heterocycles. The molecule has 7 nitrogen and oxygen atoms in total. The van der Waals surface area contributed by atoms with Gasteiger partial charge in [-0.15, -0.1) is 0 Å². The third-order valence-electron chi connectivity index (χ3n) is 6.11. The highest BCUT2D eigenvalue weighted by Crippen LogP contribution is 2.23. The zero-order valence-corrected chi connectivity index (χ0v) is 19.3. The van der Waals surface area contributed by atoms with Crippen molar-refractivity contribution in [2.45, 2.75) is 38.7 Å². The Morgan fingerprint density at radius 2 is 1.65 bits per heavy atom. The van der Waals surface area contributed by atoms with Gasteiger partial charge in [-0.05, 0) is 60.0 Å². The highest BCUT2D eigenvalue weighted by molar-refractivity contribution is 5.99. The number of carbonyl (C=O) groups excluding carboxylic acids is 1. The van der Waals surface area contributed by atoms with Gasteiger partial charge in [0.05, 0.1) is 5.84 Å². The van der Waals surface area contributed by atoms with E-state index in [9.17, 15) is 4.79 Å². The molecule has 7 heteroatoms. The molecule has 4 N–H and O–H groups in total. The van der Waals surface area contributed by atoms with Crippen LogP contribution in [0.2, 0.25) is 0 Å². The normalized spacial score (nSPS) is 14.1. The molecule has 0 atom stereocenters. The fraction of sp³-hybridized carbons (Fsp3) is 0.296. The van der Waals surface area contributed by atoms with Crippen molar-refractivity contribution in [2.24, 2.45) is 5.73 Å². The number of hydrogen-bond donors (Lipinski definition) is 3. The van der Waals surface area contributed by atoms with Crippen molar-refractivity contribution >= 4 is 28.4 Å². The number of likely N-dealkylation sites (tertiary alicyclic amines) is 1. The summed E-state index contributed by atoms with van der Waals surface area (Å²) in [6, 6.07) is 18.9. The first-order chi connectivity index (χ1) is 16.4. The first-order valence-corrected chi connectivity index (χ1v) is 11.5. The van der Waals surface area contributed by atoms with Crippen LogP contribution >= 0.6 is 0 Å². The third kappa shape index (κ3) is 5.92. The second kappa shape index (κ2) is 10.4. The summed E-state index contributed by atoms with van der Waals surface area (Å²) < 4.78 is 11.5. The van der Waals surface area contributed by atoms with Crippen LogP contribution in [0.4, 0.5) is 0 Å². The third-order valence-corrected chi connectivity index (χ3v) is 6.11. The molecule has 1 aliphatic rings. The van der Waals surface area contributed by atoms with E-state index in [-0.39, 0.29) is 24.3 Å². The Morgan fingerprint density at radius 3 is 2.32 bits per heavy atom. The molecule has 1 aliphatic heterocycles. The van der Waals surface area contributed by atoms with Gasteiger partial charge in [0.25, 0.3) is 0 Å². The molecule has 0 aliphatic carbocycles. The van der Waals surface area contributed by atoms with E-state index in [0.29, 0.717) is 23.6 Å². The van der Waals surface area contributed by atoms with E-state index in [4.69, 9.17) is 26.0 Å². The van der Waals surface area contributed by atoms with E-state index < -0.39 is 0 Å². The van der Waals surface area contributed by atoms with Crippen molar-refractivity contribution < 1.29 is 14.3 Å². The average molecular weight is 459 g/mol. The number of nitrogen functional groups attached to an aromatic ring is 1. The molecule has 4 rings (SSSR count). The van der Waals surface area contributed by atoms with Crippen LogP contribution < -0.4 is 15.2 Å². The van der Waals surface area contributed by atoms with Crippen molar-refractivity contribution in [1.82, 2.24) is 4.90 Å². The predicted molar refractivity (Wildman–Crippen MR) is 134 cm³/mol. The molecular formula is C27H30N4O3. The Bertz CT molecular complexity index is 1200. The molecule has 0 spiro atoms. The number of aryl methyl sites for hydroxylation is 1. The summed E-state index contributed by atoms with van der Waals surface area (Å²) in [5, 5.41) is 17.4. The predicted octanol–water partition coefficient (Wildman–Crippen LogP) is 4.50. The molecule has 0 aromatic heterocycles. The maximum Gasteiger partial charge on any atom is 0.311 e. The fourth-order valence-electron chi connectivity index (χ4n) is 4.14. The molecular weight excluding hydrogens is 428 g/mol. The summed E-state index contributed by atoms with van der Waals surface area (Å²) in [7, 11) is 0. The number of nitrogens with two attached hydrogens (primary N) is 1. The minimum absolute atomic E-state index is 0.0376. The zero-order chi connectivity index (χ0) is 24.1. The van der Waals surface area contributed by atoms with Crippen LogP contribution in [-0.4, -0.2) is 41.7 Å². The van der Waals surface area contributed by atoms with Gasteiger partial charge in [-0.2, -0.15) is 0 Å². The number of nitrogens with zero attached hydrogens (tertiary/aromatic N) is 1. The molecule has 3 aromatic rings. The Hall–Kier alpha value is -3.87. The maximum absolute atomic E-state index is 12.4. The second-order valence-corrected chi connectivity index (χ2v) is 8.65. The summed E-state index contributed by atoms with van der Waals surface area (Å²) in [4.78, 5) is 14.4. The number of hydrogen-bond acceptors (Lipinski definition) is 5. The summed E-state index contributed by atoms with van der Waals surface area (Å²) in [5.74, 6) is 1.60. The monoisotopic (exact) mass is 458 g/mol. The highest BCUT2D eigenvalue weighted by atomic mass is 16.5. The first-order valence-electron chi connectivity index (χ1n) is 11.5. The summed E-state index contributed by atoms with van der Waals surface area (Å²) in [6.07, 6.45) is 2.74. The average Bonchev–Trinajstić information content (AvgIpc) is 2.83. The standard InChI is InChI=1S/C27H30N4O3/c1-18(28)31-14-12-25(13-15-31)33-23-7-9-24(10-8-23)34-26(32)11-3-19-2-4-20-5-6-21(27(29)30)17-22(20)16-19/h2,4-10,16-17,25,28H,3,11-15H2,1H3,(H3,29,30). The maximum atomic E-state index is 12.4. The van der Waals surface area contributed by atoms with E-state index in [2.05, 4.69) is 4.90 Å². The number of esters is 1. The number of benzene rings is 3. The Balaban J connectivity index is 1.27. The van der Waals surface area contributed by atoms with Crippen molar-refractivity contribution in [2.75, 3.05) is 13.1 Å². The van der Waals surface area contributed by atoms with Crippen LogP contribution in [0.25, 0.3) is 10.8 Å². The number of amidine groups is 2. The molecule has 34 heavy (non-hydrogen) atoms. The van der Waals surface area contributed by atoms with Gasteiger partial charge in [0.15, 0.2) is 0 Å². The topological polar surface area (TPSA) is 112 Å². The molecule has 0 radical (unpaired) electrons. The summed E-state index contributed by atoms with van der Waals surface area (Å²) >= 11 is 0. The first kappa shape index (κ1) is 23.3. The van der Waals surface area contributed by atoms with Gasteiger partial charge >= 0.3 is 5.97 Å². The lowest BCUT2D eigenvalue weighted by atomic mass is 10.0. The molecule has 176 valence electrons. The number of carbonyl (C=O) groups is 1. The number of rotatable bonds is 7. The molecule has 0 unspecified atom stereocenters. The Labute approximate surface area is 199 Å². The van der Waals surface area contributed by atoms with Crippen LogP contribution in [0.15, 0.2) is 60.7 Å². The minimum atomic E-state index is -0.291. The number of ether oxygens (including phenoxy) is 2. The van der Waals surface area contributed by atoms with Gasteiger partial charge in [-0.3, -0.25) is 15.6 Å². The van der Waals surface area contributed by atoms with Crippen LogP contribution in [-0.2, 0) is 11.2 Å². The Morgan fingerprint density at radius 1 is 0.971 bits per heavy atom. The minimum Gasteiger partial charge on any atom is -0.490 e. The van der Waals surface area contributed by atoms with Crippen LogP contribution in [0.3, 0.4) is 0 Å². The van der Waals surface area contributed by atoms with E-state index in [1.807, 2.05) is 55.5 Å². The molecule has 1 fully saturated rings. The van der Waals surface area contributed by atoms with Crippen molar-refractivity contribution in [3.63, 3.8) is 0 Å². The lowest BCUT2D eigenvalue weighted by molar-refractivity contribution is -0.134. The lowest BCUT2D eigenvalue weighted by Crippen LogP contribution is -2.40. The molecule has 3 aromatic carbocycles. The van der Waals surface area contributed by atoms with E-state index in [1.54, 1.807) is 12.1 Å². The second-order valence-electron chi connectivity index (χ2n) is 8.65. The lowest BCUT2D eigenvalue weighted by Gasteiger charge is -2.32. The number of fused-ring (bicyclic) bond motifs is 1. The Kier molecular flexibility index (Phi) is 7.11. The summed E-state index contributed by atoms with van der Waals surface area (Å²) in [6.45, 7) is 3.49.